The Hall–Kier alpha value is -2.06. The number of hydrogen-bond acceptors (Lipinski definition) is 6. The average Bonchev–Trinajstić information content (AvgIpc) is 3.14. The van der Waals surface area contributed by atoms with E-state index in [9.17, 15) is 9.18 Å². The molecule has 1 aliphatic rings. The number of nitrogens with zero attached hydrogens (tertiary/aromatic N) is 3. The standard InChI is InChI=1S/C17H21FN4O2S/c1-11(23)20-17-21-16(18)14(25-17)10-22-6-4-13(9-22)7-12-3-5-19-15(8-12)24-2/h3,5,8,13H,4,6-7,9-10H2,1-2H3,(H,20,21,23)/t13-/m1/s1. The van der Waals surface area contributed by atoms with Crippen molar-refractivity contribution in [1.29, 1.82) is 0 Å². The van der Waals surface area contributed by atoms with Crippen molar-refractivity contribution in [3.05, 3.63) is 34.7 Å². The lowest BCUT2D eigenvalue weighted by atomic mass is 9.99. The van der Waals surface area contributed by atoms with Crippen LogP contribution in [0.4, 0.5) is 9.52 Å². The van der Waals surface area contributed by atoms with Gasteiger partial charge in [-0.25, -0.2) is 4.98 Å². The first-order valence-electron chi connectivity index (χ1n) is 8.17. The van der Waals surface area contributed by atoms with Crippen LogP contribution in [0.15, 0.2) is 18.3 Å². The predicted molar refractivity (Wildman–Crippen MR) is 94.3 cm³/mol. The smallest absolute Gasteiger partial charge is 0.230 e. The van der Waals surface area contributed by atoms with Gasteiger partial charge in [0, 0.05) is 32.3 Å². The number of likely N-dealkylation sites (tertiary alicyclic amines) is 1. The number of methoxy groups -OCH3 is 1. The molecule has 3 rings (SSSR count). The molecule has 0 radical (unpaired) electrons. The summed E-state index contributed by atoms with van der Waals surface area (Å²) in [6.45, 7) is 3.76. The first-order chi connectivity index (χ1) is 12.0. The highest BCUT2D eigenvalue weighted by Gasteiger charge is 2.25. The number of carbonyl (C=O) groups excluding carboxylic acids is 1. The van der Waals surface area contributed by atoms with E-state index < -0.39 is 5.95 Å². The number of aromatic nitrogens is 2. The zero-order valence-corrected chi connectivity index (χ0v) is 15.1. The molecule has 1 fully saturated rings. The molecule has 2 aromatic rings. The number of carbonyl (C=O) groups is 1. The van der Waals surface area contributed by atoms with Crippen LogP contribution in [0.2, 0.25) is 0 Å². The molecule has 1 atom stereocenters. The van der Waals surface area contributed by atoms with Gasteiger partial charge < -0.3 is 10.1 Å². The molecule has 1 aliphatic heterocycles. The van der Waals surface area contributed by atoms with Crippen LogP contribution in [0.25, 0.3) is 0 Å². The van der Waals surface area contributed by atoms with Crippen LogP contribution in [0.3, 0.4) is 0 Å². The third-order valence-corrected chi connectivity index (χ3v) is 5.13. The lowest BCUT2D eigenvalue weighted by molar-refractivity contribution is -0.114. The molecule has 3 heterocycles. The molecule has 134 valence electrons. The summed E-state index contributed by atoms with van der Waals surface area (Å²) in [7, 11) is 1.61. The molecule has 1 amide bonds. The van der Waals surface area contributed by atoms with Crippen LogP contribution in [0.5, 0.6) is 5.88 Å². The molecule has 8 heteroatoms. The minimum atomic E-state index is -0.490. The number of thiazole rings is 1. The Balaban J connectivity index is 1.56. The van der Waals surface area contributed by atoms with E-state index in [4.69, 9.17) is 4.74 Å². The highest BCUT2D eigenvalue weighted by molar-refractivity contribution is 7.15. The van der Waals surface area contributed by atoms with E-state index in [0.29, 0.717) is 28.4 Å². The van der Waals surface area contributed by atoms with Crippen molar-refractivity contribution < 1.29 is 13.9 Å². The molecular formula is C17H21FN4O2S. The van der Waals surface area contributed by atoms with Crippen LogP contribution >= 0.6 is 11.3 Å². The molecule has 6 nitrogen and oxygen atoms in total. The van der Waals surface area contributed by atoms with Crippen molar-refractivity contribution in [2.45, 2.75) is 26.3 Å². The van der Waals surface area contributed by atoms with Gasteiger partial charge in [-0.05, 0) is 36.9 Å². The lowest BCUT2D eigenvalue weighted by Crippen LogP contribution is -2.20. The third-order valence-electron chi connectivity index (χ3n) is 4.20. The van der Waals surface area contributed by atoms with Gasteiger partial charge in [-0.3, -0.25) is 9.69 Å². The van der Waals surface area contributed by atoms with E-state index in [1.165, 1.54) is 23.8 Å². The Bertz CT molecular complexity index is 752. The monoisotopic (exact) mass is 364 g/mol. The maximum atomic E-state index is 13.9. The Labute approximate surface area is 150 Å². The van der Waals surface area contributed by atoms with Crippen LogP contribution in [-0.2, 0) is 17.8 Å². The Kier molecular flexibility index (Phi) is 5.60. The molecule has 0 bridgehead atoms. The molecule has 1 N–H and O–H groups in total. The predicted octanol–water partition coefficient (Wildman–Crippen LogP) is 2.71. The fourth-order valence-corrected chi connectivity index (χ4v) is 4.01. The van der Waals surface area contributed by atoms with E-state index >= 15 is 0 Å². The van der Waals surface area contributed by atoms with Gasteiger partial charge in [0.2, 0.25) is 17.7 Å². The quantitative estimate of drug-likeness (QED) is 0.854. The van der Waals surface area contributed by atoms with E-state index in [1.54, 1.807) is 13.3 Å². The molecule has 0 spiro atoms. The largest absolute Gasteiger partial charge is 0.481 e. The van der Waals surface area contributed by atoms with Gasteiger partial charge >= 0.3 is 0 Å². The number of halogens is 1. The van der Waals surface area contributed by atoms with Crippen LogP contribution < -0.4 is 10.1 Å². The maximum absolute atomic E-state index is 13.9. The fourth-order valence-electron chi connectivity index (χ4n) is 3.08. The van der Waals surface area contributed by atoms with E-state index in [0.717, 1.165) is 25.9 Å². The molecule has 2 aromatic heterocycles. The highest BCUT2D eigenvalue weighted by Crippen LogP contribution is 2.27. The second-order valence-electron chi connectivity index (χ2n) is 6.21. The Morgan fingerprint density at radius 3 is 3.16 bits per heavy atom. The van der Waals surface area contributed by atoms with E-state index in [1.807, 2.05) is 12.1 Å². The molecule has 1 saturated heterocycles. The van der Waals surface area contributed by atoms with Gasteiger partial charge in [0.25, 0.3) is 0 Å². The minimum Gasteiger partial charge on any atom is -0.481 e. The minimum absolute atomic E-state index is 0.241. The van der Waals surface area contributed by atoms with Crippen molar-refractivity contribution in [1.82, 2.24) is 14.9 Å². The number of amides is 1. The van der Waals surface area contributed by atoms with Gasteiger partial charge in [-0.15, -0.1) is 0 Å². The summed E-state index contributed by atoms with van der Waals surface area (Å²) in [4.78, 5) is 21.7. The van der Waals surface area contributed by atoms with Gasteiger partial charge in [-0.2, -0.15) is 9.37 Å². The maximum Gasteiger partial charge on any atom is 0.230 e. The van der Waals surface area contributed by atoms with Crippen molar-refractivity contribution in [2.75, 3.05) is 25.5 Å². The summed E-state index contributed by atoms with van der Waals surface area (Å²) in [5, 5.41) is 2.85. The number of hydrogen-bond donors (Lipinski definition) is 1. The third kappa shape index (κ3) is 4.73. The number of pyridine rings is 1. The van der Waals surface area contributed by atoms with Gasteiger partial charge in [0.15, 0.2) is 5.13 Å². The Morgan fingerprint density at radius 2 is 2.40 bits per heavy atom. The van der Waals surface area contributed by atoms with Crippen LogP contribution in [-0.4, -0.2) is 41.0 Å². The van der Waals surface area contributed by atoms with E-state index in [2.05, 4.69) is 20.2 Å². The molecule has 0 aliphatic carbocycles. The van der Waals surface area contributed by atoms with Crippen LogP contribution in [0, 0.1) is 11.9 Å². The Morgan fingerprint density at radius 1 is 1.56 bits per heavy atom. The number of rotatable bonds is 6. The average molecular weight is 364 g/mol. The van der Waals surface area contributed by atoms with Crippen molar-refractivity contribution in [3.63, 3.8) is 0 Å². The zero-order chi connectivity index (χ0) is 17.8. The van der Waals surface area contributed by atoms with Crippen molar-refractivity contribution >= 4 is 22.4 Å². The summed E-state index contributed by atoms with van der Waals surface area (Å²) in [6.07, 6.45) is 3.79. The summed E-state index contributed by atoms with van der Waals surface area (Å²) in [6, 6.07) is 3.97. The number of ether oxygens (including phenoxy) is 1. The van der Waals surface area contributed by atoms with E-state index in [-0.39, 0.29) is 5.91 Å². The van der Waals surface area contributed by atoms with Gasteiger partial charge in [0.05, 0.1) is 12.0 Å². The summed E-state index contributed by atoms with van der Waals surface area (Å²) < 4.78 is 19.1. The molecule has 0 unspecified atom stereocenters. The first kappa shape index (κ1) is 17.8. The molecule has 0 aromatic carbocycles. The SMILES string of the molecule is COc1cc(C[C@H]2CCN(Cc3sc(NC(C)=O)nc3F)C2)ccn1. The molecule has 0 saturated carbocycles. The number of nitrogens with one attached hydrogen (secondary N) is 1. The summed E-state index contributed by atoms with van der Waals surface area (Å²) in [5.74, 6) is 0.424. The van der Waals surface area contributed by atoms with Gasteiger partial charge in [-0.1, -0.05) is 11.3 Å². The van der Waals surface area contributed by atoms with Crippen molar-refractivity contribution in [2.24, 2.45) is 5.92 Å². The lowest BCUT2D eigenvalue weighted by Gasteiger charge is -2.15. The topological polar surface area (TPSA) is 67.3 Å². The fraction of sp³-hybridized carbons (Fsp3) is 0.471. The van der Waals surface area contributed by atoms with Gasteiger partial charge in [0.1, 0.15) is 0 Å². The first-order valence-corrected chi connectivity index (χ1v) is 8.99. The second-order valence-corrected chi connectivity index (χ2v) is 7.30. The highest BCUT2D eigenvalue weighted by atomic mass is 32.1. The zero-order valence-electron chi connectivity index (χ0n) is 14.3. The normalized spacial score (nSPS) is 17.6. The second kappa shape index (κ2) is 7.88. The molecule has 25 heavy (non-hydrogen) atoms. The summed E-state index contributed by atoms with van der Waals surface area (Å²) >= 11 is 1.20. The van der Waals surface area contributed by atoms with Crippen molar-refractivity contribution in [3.8, 4) is 5.88 Å². The molecular weight excluding hydrogens is 343 g/mol. The number of anilines is 1. The van der Waals surface area contributed by atoms with Crippen LogP contribution in [0.1, 0.15) is 23.8 Å². The summed E-state index contributed by atoms with van der Waals surface area (Å²) in [5.41, 5.74) is 1.20.